The molecule has 0 spiro atoms. The maximum absolute atomic E-state index is 5.85. The number of nitrogens with two attached hydrogens (primary N) is 1. The van der Waals surface area contributed by atoms with E-state index in [4.69, 9.17) is 22.1 Å². The number of ether oxygens (including phenoxy) is 1. The van der Waals surface area contributed by atoms with Crippen LogP contribution in [0.3, 0.4) is 0 Å². The van der Waals surface area contributed by atoms with Gasteiger partial charge < -0.3 is 10.5 Å². The molecular formula is C9H14ClN3O. The molecule has 0 radical (unpaired) electrons. The summed E-state index contributed by atoms with van der Waals surface area (Å²) >= 11 is 5.85. The summed E-state index contributed by atoms with van der Waals surface area (Å²) in [7, 11) is 0. The van der Waals surface area contributed by atoms with Gasteiger partial charge in [0.1, 0.15) is 10.6 Å². The van der Waals surface area contributed by atoms with Crippen LogP contribution in [0.25, 0.3) is 0 Å². The quantitative estimate of drug-likeness (QED) is 0.841. The standard InChI is InChI=1S/C9H14ClN3O/c1-4-9(2,3)14-7-6(10)5-12-8(11)13-7/h5H,4H2,1-3H3,(H2,11,12,13). The molecule has 0 unspecified atom stereocenters. The summed E-state index contributed by atoms with van der Waals surface area (Å²) in [5, 5.41) is 0.376. The second-order valence-corrected chi connectivity index (χ2v) is 4.00. The molecule has 4 nitrogen and oxygen atoms in total. The fourth-order valence-electron chi connectivity index (χ4n) is 0.770. The number of hydrogen-bond donors (Lipinski definition) is 1. The minimum Gasteiger partial charge on any atom is -0.470 e. The Bertz CT molecular complexity index is 328. The van der Waals surface area contributed by atoms with E-state index in [1.807, 2.05) is 20.8 Å². The van der Waals surface area contributed by atoms with Crippen molar-refractivity contribution in [3.05, 3.63) is 11.2 Å². The third-order valence-electron chi connectivity index (χ3n) is 1.95. The fraction of sp³-hybridized carbons (Fsp3) is 0.556. The van der Waals surface area contributed by atoms with Gasteiger partial charge in [-0.15, -0.1) is 0 Å². The smallest absolute Gasteiger partial charge is 0.238 e. The van der Waals surface area contributed by atoms with Crippen LogP contribution in [0.4, 0.5) is 5.95 Å². The summed E-state index contributed by atoms with van der Waals surface area (Å²) in [5.74, 6) is 0.502. The molecule has 0 fully saturated rings. The molecule has 1 rings (SSSR count). The monoisotopic (exact) mass is 215 g/mol. The van der Waals surface area contributed by atoms with Gasteiger partial charge in [-0.3, -0.25) is 0 Å². The molecule has 0 atom stereocenters. The van der Waals surface area contributed by atoms with Crippen molar-refractivity contribution in [2.45, 2.75) is 32.8 Å². The van der Waals surface area contributed by atoms with Crippen LogP contribution in [-0.2, 0) is 0 Å². The second-order valence-electron chi connectivity index (χ2n) is 3.60. The molecule has 2 N–H and O–H groups in total. The number of halogens is 1. The lowest BCUT2D eigenvalue weighted by Gasteiger charge is -2.24. The van der Waals surface area contributed by atoms with Crippen molar-refractivity contribution in [3.63, 3.8) is 0 Å². The zero-order valence-electron chi connectivity index (χ0n) is 8.54. The van der Waals surface area contributed by atoms with Gasteiger partial charge in [0.2, 0.25) is 11.8 Å². The highest BCUT2D eigenvalue weighted by Gasteiger charge is 2.19. The average Bonchev–Trinajstić information content (AvgIpc) is 2.11. The Kier molecular flexibility index (Phi) is 3.16. The molecule has 5 heteroatoms. The molecule has 0 saturated carbocycles. The van der Waals surface area contributed by atoms with Crippen LogP contribution >= 0.6 is 11.6 Å². The third kappa shape index (κ3) is 2.73. The number of hydrogen-bond acceptors (Lipinski definition) is 4. The first-order valence-electron chi connectivity index (χ1n) is 4.41. The van der Waals surface area contributed by atoms with Crippen LogP contribution in [0.15, 0.2) is 6.20 Å². The molecular weight excluding hydrogens is 202 g/mol. The van der Waals surface area contributed by atoms with Crippen molar-refractivity contribution in [2.24, 2.45) is 0 Å². The van der Waals surface area contributed by atoms with Gasteiger partial charge in [0, 0.05) is 0 Å². The molecule has 0 aliphatic rings. The molecule has 0 aliphatic carbocycles. The predicted molar refractivity (Wildman–Crippen MR) is 56.5 cm³/mol. The van der Waals surface area contributed by atoms with E-state index in [-0.39, 0.29) is 11.5 Å². The van der Waals surface area contributed by atoms with Crippen molar-refractivity contribution >= 4 is 17.5 Å². The van der Waals surface area contributed by atoms with Crippen molar-refractivity contribution in [1.82, 2.24) is 9.97 Å². The number of aromatic nitrogens is 2. The van der Waals surface area contributed by atoms with Gasteiger partial charge in [-0.1, -0.05) is 18.5 Å². The molecule has 1 aromatic heterocycles. The van der Waals surface area contributed by atoms with E-state index in [2.05, 4.69) is 9.97 Å². The number of anilines is 1. The Hall–Kier alpha value is -1.03. The molecule has 0 aromatic carbocycles. The lowest BCUT2D eigenvalue weighted by atomic mass is 10.1. The van der Waals surface area contributed by atoms with Crippen molar-refractivity contribution in [3.8, 4) is 5.88 Å². The van der Waals surface area contributed by atoms with Crippen molar-refractivity contribution in [2.75, 3.05) is 5.73 Å². The van der Waals surface area contributed by atoms with Crippen LogP contribution in [0.1, 0.15) is 27.2 Å². The van der Waals surface area contributed by atoms with Gasteiger partial charge in [0.25, 0.3) is 0 Å². The average molecular weight is 216 g/mol. The van der Waals surface area contributed by atoms with Crippen LogP contribution in [0.2, 0.25) is 5.02 Å². The van der Waals surface area contributed by atoms with Crippen LogP contribution in [0, 0.1) is 0 Å². The number of rotatable bonds is 3. The topological polar surface area (TPSA) is 61.0 Å². The summed E-state index contributed by atoms with van der Waals surface area (Å²) in [6.45, 7) is 5.95. The van der Waals surface area contributed by atoms with Crippen LogP contribution in [0.5, 0.6) is 5.88 Å². The fourth-order valence-corrected chi connectivity index (χ4v) is 0.899. The van der Waals surface area contributed by atoms with Crippen molar-refractivity contribution in [1.29, 1.82) is 0 Å². The predicted octanol–water partition coefficient (Wildman–Crippen LogP) is 2.28. The Morgan fingerprint density at radius 3 is 2.79 bits per heavy atom. The molecule has 0 aliphatic heterocycles. The van der Waals surface area contributed by atoms with E-state index in [1.54, 1.807) is 0 Å². The van der Waals surface area contributed by atoms with E-state index in [0.717, 1.165) is 6.42 Å². The van der Waals surface area contributed by atoms with Gasteiger partial charge >= 0.3 is 0 Å². The van der Waals surface area contributed by atoms with Gasteiger partial charge in [0.05, 0.1) is 6.20 Å². The van der Waals surface area contributed by atoms with E-state index in [1.165, 1.54) is 6.20 Å². The minimum absolute atomic E-state index is 0.163. The Morgan fingerprint density at radius 2 is 2.21 bits per heavy atom. The van der Waals surface area contributed by atoms with Crippen LogP contribution < -0.4 is 10.5 Å². The highest BCUT2D eigenvalue weighted by molar-refractivity contribution is 6.31. The van der Waals surface area contributed by atoms with E-state index >= 15 is 0 Å². The van der Waals surface area contributed by atoms with Gasteiger partial charge in [-0.05, 0) is 20.3 Å². The summed E-state index contributed by atoms with van der Waals surface area (Å²) in [6.07, 6.45) is 2.29. The first-order chi connectivity index (χ1) is 6.44. The highest BCUT2D eigenvalue weighted by atomic mass is 35.5. The van der Waals surface area contributed by atoms with Crippen molar-refractivity contribution < 1.29 is 4.74 Å². The summed E-state index contributed by atoms with van der Waals surface area (Å²) < 4.78 is 5.60. The number of nitrogens with zero attached hydrogens (tertiary/aromatic N) is 2. The zero-order chi connectivity index (χ0) is 10.8. The maximum atomic E-state index is 5.85. The van der Waals surface area contributed by atoms with Gasteiger partial charge in [0.15, 0.2) is 0 Å². The highest BCUT2D eigenvalue weighted by Crippen LogP contribution is 2.26. The molecule has 0 bridgehead atoms. The SMILES string of the molecule is CCC(C)(C)Oc1nc(N)ncc1Cl. The molecule has 78 valence electrons. The third-order valence-corrected chi connectivity index (χ3v) is 2.21. The largest absolute Gasteiger partial charge is 0.470 e. The van der Waals surface area contributed by atoms with E-state index in [9.17, 15) is 0 Å². The Balaban J connectivity index is 2.91. The lowest BCUT2D eigenvalue weighted by molar-refractivity contribution is 0.0992. The molecule has 1 aromatic rings. The first-order valence-corrected chi connectivity index (χ1v) is 4.79. The second kappa shape index (κ2) is 4.00. The normalized spacial score (nSPS) is 11.4. The maximum Gasteiger partial charge on any atom is 0.238 e. The Labute approximate surface area is 88.5 Å². The van der Waals surface area contributed by atoms with E-state index < -0.39 is 0 Å². The first kappa shape index (κ1) is 11.0. The molecule has 0 amide bonds. The minimum atomic E-state index is -0.301. The van der Waals surface area contributed by atoms with E-state index in [0.29, 0.717) is 10.9 Å². The van der Waals surface area contributed by atoms with Gasteiger partial charge in [-0.2, -0.15) is 4.98 Å². The molecule has 14 heavy (non-hydrogen) atoms. The zero-order valence-corrected chi connectivity index (χ0v) is 9.30. The summed E-state index contributed by atoms with van der Waals surface area (Å²) in [5.41, 5.74) is 5.13. The summed E-state index contributed by atoms with van der Waals surface area (Å²) in [6, 6.07) is 0. The lowest BCUT2D eigenvalue weighted by Crippen LogP contribution is -2.27. The molecule has 0 saturated heterocycles. The molecule has 1 heterocycles. The van der Waals surface area contributed by atoms with Gasteiger partial charge in [-0.25, -0.2) is 4.98 Å². The summed E-state index contributed by atoms with van der Waals surface area (Å²) in [4.78, 5) is 7.67. The Morgan fingerprint density at radius 1 is 1.57 bits per heavy atom. The number of nitrogen functional groups attached to an aromatic ring is 1. The van der Waals surface area contributed by atoms with Crippen LogP contribution in [-0.4, -0.2) is 15.6 Å².